The van der Waals surface area contributed by atoms with Crippen molar-refractivity contribution in [1.29, 1.82) is 0 Å². The van der Waals surface area contributed by atoms with Crippen molar-refractivity contribution in [1.82, 2.24) is 14.5 Å². The Morgan fingerprint density at radius 3 is 2.84 bits per heavy atom. The highest BCUT2D eigenvalue weighted by Crippen LogP contribution is 2.25. The van der Waals surface area contributed by atoms with Crippen LogP contribution in [0.25, 0.3) is 11.0 Å². The van der Waals surface area contributed by atoms with Crippen LogP contribution in [0, 0.1) is 0 Å². The molecule has 5 nitrogen and oxygen atoms in total. The zero-order chi connectivity index (χ0) is 18.0. The van der Waals surface area contributed by atoms with Crippen molar-refractivity contribution in [3.05, 3.63) is 58.8 Å². The van der Waals surface area contributed by atoms with Crippen LogP contribution in [-0.4, -0.2) is 34.5 Å². The Balaban J connectivity index is 1.81. The molecule has 1 aromatic heterocycles. The van der Waals surface area contributed by atoms with Crippen LogP contribution < -0.4 is 4.74 Å². The van der Waals surface area contributed by atoms with Crippen LogP contribution in [-0.2, 0) is 11.3 Å². The number of methoxy groups -OCH3 is 1. The van der Waals surface area contributed by atoms with Gasteiger partial charge in [-0.05, 0) is 37.3 Å². The number of amides is 1. The lowest BCUT2D eigenvalue weighted by Gasteiger charge is -2.23. The Hall–Kier alpha value is -2.34. The summed E-state index contributed by atoms with van der Waals surface area (Å²) in [5.74, 6) is 0.786. The number of rotatable bonds is 5. The molecular weight excluding hydrogens is 382 g/mol. The highest BCUT2D eigenvalue weighted by Gasteiger charge is 2.21. The Morgan fingerprint density at radius 2 is 2.08 bits per heavy atom. The van der Waals surface area contributed by atoms with Crippen LogP contribution in [0.1, 0.15) is 18.5 Å². The predicted octanol–water partition coefficient (Wildman–Crippen LogP) is 4.03. The molecule has 0 aliphatic heterocycles. The van der Waals surface area contributed by atoms with Gasteiger partial charge in [-0.15, -0.1) is 0 Å². The minimum Gasteiger partial charge on any atom is -0.496 e. The molecule has 2 aromatic carbocycles. The molecule has 0 saturated heterocycles. The van der Waals surface area contributed by atoms with Gasteiger partial charge in [-0.1, -0.05) is 28.1 Å². The molecule has 0 spiro atoms. The van der Waals surface area contributed by atoms with Gasteiger partial charge in [0.25, 0.3) is 0 Å². The van der Waals surface area contributed by atoms with Crippen LogP contribution in [0.2, 0.25) is 0 Å². The average Bonchev–Trinajstić information content (AvgIpc) is 3.04. The van der Waals surface area contributed by atoms with E-state index in [2.05, 4.69) is 20.9 Å². The van der Waals surface area contributed by atoms with Crippen LogP contribution >= 0.6 is 15.9 Å². The van der Waals surface area contributed by atoms with E-state index in [0.717, 1.165) is 26.8 Å². The Labute approximate surface area is 155 Å². The number of ether oxygens (including phenoxy) is 1. The molecule has 0 N–H and O–H groups in total. The first-order valence-electron chi connectivity index (χ1n) is 8.00. The molecule has 6 heteroatoms. The molecule has 1 amide bonds. The zero-order valence-electron chi connectivity index (χ0n) is 14.4. The quantitative estimate of drug-likeness (QED) is 0.648. The highest BCUT2D eigenvalue weighted by molar-refractivity contribution is 9.10. The largest absolute Gasteiger partial charge is 0.496 e. The number of likely N-dealkylation sites (N-methyl/N-ethyl adjacent to an activating group) is 1. The molecule has 1 heterocycles. The average molecular weight is 402 g/mol. The standard InChI is InChI=1S/C19H20BrN3O2/c1-13(23-12-21-16-6-4-5-7-17(16)23)19(24)22(2)11-14-10-15(20)8-9-18(14)25-3/h4-10,12-13H,11H2,1-3H3. The van der Waals surface area contributed by atoms with Crippen molar-refractivity contribution in [2.75, 3.05) is 14.2 Å². The summed E-state index contributed by atoms with van der Waals surface area (Å²) in [6.07, 6.45) is 1.72. The number of fused-ring (bicyclic) bond motifs is 1. The molecule has 0 saturated carbocycles. The summed E-state index contributed by atoms with van der Waals surface area (Å²) >= 11 is 3.47. The molecule has 0 radical (unpaired) electrons. The SMILES string of the molecule is COc1ccc(Br)cc1CN(C)C(=O)C(C)n1cnc2ccccc21. The number of imidazole rings is 1. The van der Waals surface area contributed by atoms with Crippen LogP contribution in [0.3, 0.4) is 0 Å². The Bertz CT molecular complexity index is 907. The van der Waals surface area contributed by atoms with Crippen molar-refractivity contribution in [3.8, 4) is 5.75 Å². The molecule has 130 valence electrons. The molecule has 0 bridgehead atoms. The molecule has 3 rings (SSSR count). The molecule has 0 fully saturated rings. The lowest BCUT2D eigenvalue weighted by atomic mass is 10.1. The number of hydrogen-bond donors (Lipinski definition) is 0. The van der Waals surface area contributed by atoms with E-state index in [1.807, 2.05) is 54.0 Å². The summed E-state index contributed by atoms with van der Waals surface area (Å²) in [5.41, 5.74) is 2.80. The predicted molar refractivity (Wildman–Crippen MR) is 102 cm³/mol. The monoisotopic (exact) mass is 401 g/mol. The molecule has 1 unspecified atom stereocenters. The smallest absolute Gasteiger partial charge is 0.245 e. The fourth-order valence-corrected chi connectivity index (χ4v) is 3.34. The molecule has 3 aromatic rings. The second-order valence-corrected chi connectivity index (χ2v) is 6.88. The van der Waals surface area contributed by atoms with Gasteiger partial charge in [0.2, 0.25) is 5.91 Å². The van der Waals surface area contributed by atoms with E-state index in [1.165, 1.54) is 0 Å². The van der Waals surface area contributed by atoms with Gasteiger partial charge < -0.3 is 14.2 Å². The summed E-state index contributed by atoms with van der Waals surface area (Å²) in [7, 11) is 3.44. The third-order valence-corrected chi connectivity index (χ3v) is 4.78. The number of hydrogen-bond acceptors (Lipinski definition) is 3. The summed E-state index contributed by atoms with van der Waals surface area (Å²) in [6, 6.07) is 13.3. The first-order chi connectivity index (χ1) is 12.0. The second-order valence-electron chi connectivity index (χ2n) is 5.97. The van der Waals surface area contributed by atoms with E-state index in [4.69, 9.17) is 4.74 Å². The van der Waals surface area contributed by atoms with Crippen LogP contribution in [0.5, 0.6) is 5.75 Å². The van der Waals surface area contributed by atoms with Gasteiger partial charge in [-0.25, -0.2) is 4.98 Å². The maximum Gasteiger partial charge on any atom is 0.245 e. The lowest BCUT2D eigenvalue weighted by Crippen LogP contribution is -2.32. The van der Waals surface area contributed by atoms with Gasteiger partial charge >= 0.3 is 0 Å². The zero-order valence-corrected chi connectivity index (χ0v) is 16.0. The summed E-state index contributed by atoms with van der Waals surface area (Å²) in [6.45, 7) is 2.36. The van der Waals surface area contributed by atoms with Crippen molar-refractivity contribution >= 4 is 32.9 Å². The van der Waals surface area contributed by atoms with Crippen LogP contribution in [0.4, 0.5) is 0 Å². The number of benzene rings is 2. The topological polar surface area (TPSA) is 47.4 Å². The fraction of sp³-hybridized carbons (Fsp3) is 0.263. The third-order valence-electron chi connectivity index (χ3n) is 4.28. The van der Waals surface area contributed by atoms with Gasteiger partial charge in [0.15, 0.2) is 0 Å². The number of carbonyl (C=O) groups excluding carboxylic acids is 1. The van der Waals surface area contributed by atoms with E-state index in [0.29, 0.717) is 6.54 Å². The molecule has 0 aliphatic rings. The van der Waals surface area contributed by atoms with Gasteiger partial charge in [-0.3, -0.25) is 4.79 Å². The normalized spacial score (nSPS) is 12.2. The highest BCUT2D eigenvalue weighted by atomic mass is 79.9. The first kappa shape index (κ1) is 17.5. The van der Waals surface area contributed by atoms with Gasteiger partial charge in [0, 0.05) is 23.6 Å². The minimum absolute atomic E-state index is 0.0187. The number of para-hydroxylation sites is 2. The summed E-state index contributed by atoms with van der Waals surface area (Å²) in [4.78, 5) is 19.0. The van der Waals surface area contributed by atoms with E-state index in [-0.39, 0.29) is 11.9 Å². The van der Waals surface area contributed by atoms with Crippen LogP contribution in [0.15, 0.2) is 53.3 Å². The van der Waals surface area contributed by atoms with Crippen molar-refractivity contribution in [2.24, 2.45) is 0 Å². The Morgan fingerprint density at radius 1 is 1.32 bits per heavy atom. The number of carbonyl (C=O) groups is 1. The van der Waals surface area contributed by atoms with E-state index in [1.54, 1.807) is 25.4 Å². The summed E-state index contributed by atoms with van der Waals surface area (Å²) in [5, 5.41) is 0. The fourth-order valence-electron chi connectivity index (χ4n) is 2.93. The van der Waals surface area contributed by atoms with E-state index in [9.17, 15) is 4.79 Å². The molecule has 1 atom stereocenters. The van der Waals surface area contributed by atoms with Crippen molar-refractivity contribution in [2.45, 2.75) is 19.5 Å². The third kappa shape index (κ3) is 3.54. The van der Waals surface area contributed by atoms with Gasteiger partial charge in [-0.2, -0.15) is 0 Å². The van der Waals surface area contributed by atoms with Crippen molar-refractivity contribution in [3.63, 3.8) is 0 Å². The number of aromatic nitrogens is 2. The summed E-state index contributed by atoms with van der Waals surface area (Å²) < 4.78 is 8.26. The minimum atomic E-state index is -0.337. The molecule has 25 heavy (non-hydrogen) atoms. The maximum atomic E-state index is 12.9. The lowest BCUT2D eigenvalue weighted by molar-refractivity contribution is -0.133. The van der Waals surface area contributed by atoms with Gasteiger partial charge in [0.1, 0.15) is 11.8 Å². The first-order valence-corrected chi connectivity index (χ1v) is 8.79. The van der Waals surface area contributed by atoms with Gasteiger partial charge in [0.05, 0.1) is 24.5 Å². The molecular formula is C19H20BrN3O2. The second kappa shape index (κ2) is 7.27. The van der Waals surface area contributed by atoms with Crippen molar-refractivity contribution < 1.29 is 9.53 Å². The van der Waals surface area contributed by atoms with E-state index < -0.39 is 0 Å². The Kier molecular flexibility index (Phi) is 5.08. The maximum absolute atomic E-state index is 12.9. The number of halogens is 1. The van der Waals surface area contributed by atoms with E-state index >= 15 is 0 Å². The molecule has 0 aliphatic carbocycles. The number of nitrogens with zero attached hydrogens (tertiary/aromatic N) is 3.